The number of aromatic nitrogens is 1. The molecule has 2 aromatic carbocycles. The van der Waals surface area contributed by atoms with Crippen LogP contribution in [0.4, 0.5) is 13.6 Å². The Labute approximate surface area is 270 Å². The zero-order valence-electron chi connectivity index (χ0n) is 27.2. The van der Waals surface area contributed by atoms with Crippen LogP contribution in [-0.4, -0.2) is 66.6 Å². The van der Waals surface area contributed by atoms with Crippen molar-refractivity contribution in [1.82, 2.24) is 9.47 Å². The molecule has 0 N–H and O–H groups in total. The van der Waals surface area contributed by atoms with Crippen LogP contribution < -0.4 is 0 Å². The Kier molecular flexibility index (Phi) is 9.80. The van der Waals surface area contributed by atoms with Gasteiger partial charge in [0.25, 0.3) is 0 Å². The number of rotatable bonds is 7. The molecule has 6 rings (SSSR count). The molecule has 3 aliphatic rings. The first-order valence-electron chi connectivity index (χ1n) is 16.9. The zero-order chi connectivity index (χ0) is 32.4. The number of piperidine rings is 1. The number of halogens is 2. The second kappa shape index (κ2) is 13.8. The van der Waals surface area contributed by atoms with Gasteiger partial charge in [-0.1, -0.05) is 19.1 Å². The topological polar surface area (TPSA) is 70.0 Å². The predicted molar refractivity (Wildman–Crippen MR) is 172 cm³/mol. The van der Waals surface area contributed by atoms with Gasteiger partial charge < -0.3 is 19.1 Å². The lowest BCUT2D eigenvalue weighted by Gasteiger charge is -2.44. The first-order chi connectivity index (χ1) is 22.2. The maximum atomic E-state index is 14.7. The van der Waals surface area contributed by atoms with E-state index in [0.29, 0.717) is 48.9 Å². The second-order valence-corrected chi connectivity index (χ2v) is 13.4. The van der Waals surface area contributed by atoms with Gasteiger partial charge in [-0.05, 0) is 119 Å². The molecular formula is C37H46F2N2O5. The SMILES string of the molecule is CCc1c(CC2CCC(OC3CCOCC3)CC2)c2ccc(F)cc2n1C(=O)N1CC[C@@](C(=O)OC)(c2ccc(F)cc2)C[C@@H]1C. The maximum absolute atomic E-state index is 14.7. The van der Waals surface area contributed by atoms with E-state index in [9.17, 15) is 18.4 Å². The van der Waals surface area contributed by atoms with Crippen LogP contribution in [-0.2, 0) is 37.3 Å². The van der Waals surface area contributed by atoms with Crippen molar-refractivity contribution in [3.63, 3.8) is 0 Å². The molecule has 7 nitrogen and oxygen atoms in total. The van der Waals surface area contributed by atoms with Crippen molar-refractivity contribution in [2.24, 2.45) is 5.92 Å². The number of benzene rings is 2. The predicted octanol–water partition coefficient (Wildman–Crippen LogP) is 7.34. The highest BCUT2D eigenvalue weighted by Gasteiger charge is 2.48. The lowest BCUT2D eigenvalue weighted by molar-refractivity contribution is -0.150. The monoisotopic (exact) mass is 636 g/mol. The van der Waals surface area contributed by atoms with Crippen LogP contribution >= 0.6 is 0 Å². The minimum Gasteiger partial charge on any atom is -0.468 e. The lowest BCUT2D eigenvalue weighted by atomic mass is 9.70. The number of esters is 1. The number of hydrogen-bond donors (Lipinski definition) is 0. The minimum absolute atomic E-state index is 0.211. The maximum Gasteiger partial charge on any atom is 0.329 e. The zero-order valence-corrected chi connectivity index (χ0v) is 27.2. The Morgan fingerprint density at radius 2 is 1.63 bits per heavy atom. The molecule has 0 unspecified atom stereocenters. The van der Waals surface area contributed by atoms with E-state index in [0.717, 1.165) is 74.8 Å². The van der Waals surface area contributed by atoms with Crippen LogP contribution in [0.2, 0.25) is 0 Å². The molecule has 0 radical (unpaired) electrons. The van der Waals surface area contributed by atoms with E-state index in [-0.39, 0.29) is 29.8 Å². The molecule has 1 aromatic heterocycles. The summed E-state index contributed by atoms with van der Waals surface area (Å²) < 4.78 is 47.4. The third kappa shape index (κ3) is 6.33. The highest BCUT2D eigenvalue weighted by Crippen LogP contribution is 2.41. The van der Waals surface area contributed by atoms with Crippen molar-refractivity contribution in [2.45, 2.75) is 102 Å². The van der Waals surface area contributed by atoms with Gasteiger partial charge in [-0.2, -0.15) is 0 Å². The molecule has 9 heteroatoms. The van der Waals surface area contributed by atoms with E-state index in [1.807, 2.05) is 19.9 Å². The van der Waals surface area contributed by atoms with E-state index >= 15 is 0 Å². The Bertz CT molecular complexity index is 1540. The summed E-state index contributed by atoms with van der Waals surface area (Å²) in [6, 6.07) is 10.2. The van der Waals surface area contributed by atoms with Crippen molar-refractivity contribution in [3.8, 4) is 0 Å². The lowest BCUT2D eigenvalue weighted by Crippen LogP contribution is -2.54. The van der Waals surface area contributed by atoms with Crippen LogP contribution in [0.3, 0.4) is 0 Å². The summed E-state index contributed by atoms with van der Waals surface area (Å²) >= 11 is 0. The van der Waals surface area contributed by atoms with Crippen LogP contribution in [0.15, 0.2) is 42.5 Å². The molecule has 248 valence electrons. The van der Waals surface area contributed by atoms with Gasteiger partial charge in [0, 0.05) is 36.9 Å². The van der Waals surface area contributed by atoms with Gasteiger partial charge in [-0.25, -0.2) is 13.6 Å². The first-order valence-corrected chi connectivity index (χ1v) is 16.9. The molecule has 3 fully saturated rings. The van der Waals surface area contributed by atoms with Gasteiger partial charge in [-0.3, -0.25) is 9.36 Å². The van der Waals surface area contributed by atoms with Gasteiger partial charge in [0.1, 0.15) is 11.6 Å². The number of fused-ring (bicyclic) bond motifs is 1. The quantitative estimate of drug-likeness (QED) is 0.254. The van der Waals surface area contributed by atoms with Gasteiger partial charge >= 0.3 is 12.0 Å². The largest absolute Gasteiger partial charge is 0.468 e. The van der Waals surface area contributed by atoms with E-state index in [2.05, 4.69) is 0 Å². The Hall–Kier alpha value is -3.30. The fourth-order valence-corrected chi connectivity index (χ4v) is 8.23. The Morgan fingerprint density at radius 1 is 0.957 bits per heavy atom. The molecule has 0 spiro atoms. The normalized spacial score (nSPS) is 25.9. The van der Waals surface area contributed by atoms with Gasteiger partial charge in [0.05, 0.1) is 30.2 Å². The highest BCUT2D eigenvalue weighted by atomic mass is 19.1. The highest BCUT2D eigenvalue weighted by molar-refractivity contribution is 5.96. The summed E-state index contributed by atoms with van der Waals surface area (Å²) in [7, 11) is 1.36. The summed E-state index contributed by atoms with van der Waals surface area (Å²) in [6.45, 7) is 5.83. The van der Waals surface area contributed by atoms with Crippen molar-refractivity contribution < 1.29 is 32.6 Å². The minimum atomic E-state index is -0.990. The van der Waals surface area contributed by atoms with Gasteiger partial charge in [0.15, 0.2) is 0 Å². The summed E-state index contributed by atoms with van der Waals surface area (Å²) in [5.41, 5.74) is 2.32. The summed E-state index contributed by atoms with van der Waals surface area (Å²) in [5, 5.41) is 0.923. The second-order valence-electron chi connectivity index (χ2n) is 13.4. The molecule has 2 saturated heterocycles. The van der Waals surface area contributed by atoms with Crippen molar-refractivity contribution in [3.05, 3.63) is 70.9 Å². The summed E-state index contributed by atoms with van der Waals surface area (Å²) in [6.07, 6.45) is 8.81. The van der Waals surface area contributed by atoms with E-state index in [4.69, 9.17) is 14.2 Å². The number of likely N-dealkylation sites (tertiary alicyclic amines) is 1. The average Bonchev–Trinajstić information content (AvgIpc) is 3.37. The third-order valence-electron chi connectivity index (χ3n) is 10.7. The number of carbonyl (C=O) groups excluding carboxylic acids is 2. The van der Waals surface area contributed by atoms with E-state index in [1.165, 1.54) is 31.4 Å². The van der Waals surface area contributed by atoms with E-state index in [1.54, 1.807) is 21.6 Å². The fourth-order valence-electron chi connectivity index (χ4n) is 8.23. The van der Waals surface area contributed by atoms with Crippen molar-refractivity contribution in [2.75, 3.05) is 26.9 Å². The smallest absolute Gasteiger partial charge is 0.329 e. The number of amides is 1. The molecule has 3 heterocycles. The molecule has 2 atom stereocenters. The van der Waals surface area contributed by atoms with Crippen molar-refractivity contribution >= 4 is 22.9 Å². The molecular weight excluding hydrogens is 590 g/mol. The molecule has 2 aliphatic heterocycles. The number of methoxy groups -OCH3 is 1. The van der Waals surface area contributed by atoms with Crippen molar-refractivity contribution in [1.29, 1.82) is 0 Å². The number of carbonyl (C=O) groups is 2. The Morgan fingerprint density at radius 3 is 2.28 bits per heavy atom. The molecule has 1 aliphatic carbocycles. The first kappa shape index (κ1) is 32.6. The van der Waals surface area contributed by atoms with E-state index < -0.39 is 11.4 Å². The number of ether oxygens (including phenoxy) is 3. The molecule has 3 aromatic rings. The van der Waals surface area contributed by atoms with Crippen LogP contribution in [0.1, 0.15) is 82.0 Å². The molecule has 0 bridgehead atoms. The fraction of sp³-hybridized carbons (Fsp3) is 0.568. The summed E-state index contributed by atoms with van der Waals surface area (Å²) in [5.74, 6) is -0.692. The number of nitrogens with zero attached hydrogens (tertiary/aromatic N) is 2. The van der Waals surface area contributed by atoms with Gasteiger partial charge in [-0.15, -0.1) is 0 Å². The van der Waals surface area contributed by atoms with Gasteiger partial charge in [0.2, 0.25) is 0 Å². The molecule has 1 saturated carbocycles. The summed E-state index contributed by atoms with van der Waals surface area (Å²) in [4.78, 5) is 29.5. The van der Waals surface area contributed by atoms with Crippen LogP contribution in [0, 0.1) is 17.6 Å². The molecule has 46 heavy (non-hydrogen) atoms. The molecule has 1 amide bonds. The van der Waals surface area contributed by atoms with Crippen LogP contribution in [0.25, 0.3) is 10.9 Å². The van der Waals surface area contributed by atoms with Crippen LogP contribution in [0.5, 0.6) is 0 Å². The third-order valence-corrected chi connectivity index (χ3v) is 10.7. The average molecular weight is 637 g/mol. The standard InChI is InChI=1S/C37H46F2N2O5/c1-4-33-32(21-25-5-12-29(13-6-25)46-30-15-19-45-20-16-30)31-14-11-28(39)22-34(31)41(33)36(43)40-18-17-37(23-24(40)2,35(42)44-3)26-7-9-27(38)10-8-26/h7-11,14,22,24-25,29-30H,4-6,12-13,15-21,23H2,1-3H3/t24-,25?,29?,37-/m0/s1. The number of hydrogen-bond acceptors (Lipinski definition) is 5. The Balaban J connectivity index is 1.24.